The van der Waals surface area contributed by atoms with Gasteiger partial charge in [-0.3, -0.25) is 0 Å². The van der Waals surface area contributed by atoms with Crippen LogP contribution in [0.1, 0.15) is 12.5 Å². The molecule has 1 aromatic rings. The molecule has 0 aromatic heterocycles. The molecule has 0 aliphatic rings. The Bertz CT molecular complexity index is 355. The topological polar surface area (TPSA) is 35.8 Å². The maximum atomic E-state index is 12.8. The molecule has 0 saturated carbocycles. The van der Waals surface area contributed by atoms with Crippen molar-refractivity contribution in [3.63, 3.8) is 0 Å². The standard InChI is InChI=1S/C11H13FN2/c1-8(6-13)7-14-11-5-10(12)4-3-9(11)2/h3-5,8,14H,7H2,1-2H3. The lowest BCUT2D eigenvalue weighted by atomic mass is 10.1. The SMILES string of the molecule is Cc1ccc(F)cc1NCC(C)C#N. The lowest BCUT2D eigenvalue weighted by Crippen LogP contribution is -2.10. The van der Waals surface area contributed by atoms with E-state index in [0.717, 1.165) is 11.3 Å². The van der Waals surface area contributed by atoms with Gasteiger partial charge in [0.2, 0.25) is 0 Å². The normalized spacial score (nSPS) is 11.9. The van der Waals surface area contributed by atoms with Crippen LogP contribution in [0.25, 0.3) is 0 Å². The molecule has 0 fully saturated rings. The Balaban J connectivity index is 2.67. The van der Waals surface area contributed by atoms with E-state index in [1.165, 1.54) is 12.1 Å². The fourth-order valence-corrected chi connectivity index (χ4v) is 1.09. The summed E-state index contributed by atoms with van der Waals surface area (Å²) >= 11 is 0. The maximum Gasteiger partial charge on any atom is 0.125 e. The second kappa shape index (κ2) is 4.61. The smallest absolute Gasteiger partial charge is 0.125 e. The maximum absolute atomic E-state index is 12.8. The first kappa shape index (κ1) is 10.5. The highest BCUT2D eigenvalue weighted by atomic mass is 19.1. The Morgan fingerprint density at radius 3 is 2.93 bits per heavy atom. The summed E-state index contributed by atoms with van der Waals surface area (Å²) in [6.45, 7) is 4.27. The van der Waals surface area contributed by atoms with Crippen molar-refractivity contribution in [2.45, 2.75) is 13.8 Å². The van der Waals surface area contributed by atoms with Crippen molar-refractivity contribution in [1.82, 2.24) is 0 Å². The zero-order valence-corrected chi connectivity index (χ0v) is 8.34. The quantitative estimate of drug-likeness (QED) is 0.799. The molecule has 1 aromatic carbocycles. The Labute approximate surface area is 83.4 Å². The minimum Gasteiger partial charge on any atom is -0.383 e. The molecule has 0 heterocycles. The average molecular weight is 192 g/mol. The minimum atomic E-state index is -0.261. The number of nitriles is 1. The summed E-state index contributed by atoms with van der Waals surface area (Å²) in [7, 11) is 0. The Morgan fingerprint density at radius 2 is 2.29 bits per heavy atom. The molecule has 2 nitrogen and oxygen atoms in total. The number of rotatable bonds is 3. The third-order valence-corrected chi connectivity index (χ3v) is 2.02. The molecular formula is C11H13FN2. The summed E-state index contributed by atoms with van der Waals surface area (Å²) in [6, 6.07) is 6.70. The lowest BCUT2D eigenvalue weighted by molar-refractivity contribution is 0.627. The Hall–Kier alpha value is -1.56. The third kappa shape index (κ3) is 2.74. The number of hydrogen-bond acceptors (Lipinski definition) is 2. The van der Waals surface area contributed by atoms with Crippen LogP contribution in [0.3, 0.4) is 0 Å². The van der Waals surface area contributed by atoms with E-state index in [1.54, 1.807) is 6.07 Å². The van der Waals surface area contributed by atoms with E-state index >= 15 is 0 Å². The molecule has 0 saturated heterocycles. The molecule has 74 valence electrons. The molecule has 1 atom stereocenters. The molecule has 3 heteroatoms. The van der Waals surface area contributed by atoms with Gasteiger partial charge in [-0.25, -0.2) is 4.39 Å². The van der Waals surface area contributed by atoms with Gasteiger partial charge in [0, 0.05) is 12.2 Å². The van der Waals surface area contributed by atoms with Gasteiger partial charge in [0.1, 0.15) is 5.82 Å². The van der Waals surface area contributed by atoms with Crippen LogP contribution in [0.15, 0.2) is 18.2 Å². The second-order valence-corrected chi connectivity index (χ2v) is 3.37. The predicted molar refractivity (Wildman–Crippen MR) is 54.4 cm³/mol. The van der Waals surface area contributed by atoms with Gasteiger partial charge in [-0.1, -0.05) is 6.07 Å². The van der Waals surface area contributed by atoms with Crippen molar-refractivity contribution in [2.75, 3.05) is 11.9 Å². The van der Waals surface area contributed by atoms with E-state index < -0.39 is 0 Å². The zero-order chi connectivity index (χ0) is 10.6. The summed E-state index contributed by atoms with van der Waals surface area (Å²) in [6.07, 6.45) is 0. The molecule has 0 radical (unpaired) electrons. The average Bonchev–Trinajstić information content (AvgIpc) is 2.19. The summed E-state index contributed by atoms with van der Waals surface area (Å²) < 4.78 is 12.8. The number of anilines is 1. The van der Waals surface area contributed by atoms with Crippen LogP contribution >= 0.6 is 0 Å². The van der Waals surface area contributed by atoms with Crippen LogP contribution < -0.4 is 5.32 Å². The van der Waals surface area contributed by atoms with Crippen molar-refractivity contribution in [2.24, 2.45) is 5.92 Å². The first-order valence-electron chi connectivity index (χ1n) is 4.53. The first-order chi connectivity index (χ1) is 6.63. The van der Waals surface area contributed by atoms with Crippen molar-refractivity contribution in [1.29, 1.82) is 5.26 Å². The van der Waals surface area contributed by atoms with Gasteiger partial charge in [-0.05, 0) is 31.5 Å². The highest BCUT2D eigenvalue weighted by Gasteiger charge is 2.02. The molecule has 14 heavy (non-hydrogen) atoms. The van der Waals surface area contributed by atoms with E-state index in [9.17, 15) is 4.39 Å². The highest BCUT2D eigenvalue weighted by molar-refractivity contribution is 5.50. The molecule has 0 bridgehead atoms. The number of nitrogens with zero attached hydrogens (tertiary/aromatic N) is 1. The highest BCUT2D eigenvalue weighted by Crippen LogP contribution is 2.16. The van der Waals surface area contributed by atoms with E-state index in [2.05, 4.69) is 11.4 Å². The monoisotopic (exact) mass is 192 g/mol. The number of hydrogen-bond donors (Lipinski definition) is 1. The summed E-state index contributed by atoms with van der Waals surface area (Å²) in [5.74, 6) is -0.333. The number of benzene rings is 1. The Morgan fingerprint density at radius 1 is 1.57 bits per heavy atom. The molecule has 1 N–H and O–H groups in total. The van der Waals surface area contributed by atoms with Gasteiger partial charge >= 0.3 is 0 Å². The van der Waals surface area contributed by atoms with E-state index in [4.69, 9.17) is 5.26 Å². The summed E-state index contributed by atoms with van der Waals surface area (Å²) in [5, 5.41) is 11.6. The van der Waals surface area contributed by atoms with Crippen molar-refractivity contribution in [3.8, 4) is 6.07 Å². The van der Waals surface area contributed by atoms with Crippen LogP contribution in [0, 0.1) is 30.0 Å². The van der Waals surface area contributed by atoms with E-state index in [1.807, 2.05) is 13.8 Å². The van der Waals surface area contributed by atoms with Gasteiger partial charge in [0.05, 0.1) is 12.0 Å². The number of aryl methyl sites for hydroxylation is 1. The molecular weight excluding hydrogens is 179 g/mol. The summed E-state index contributed by atoms with van der Waals surface area (Å²) in [4.78, 5) is 0. The van der Waals surface area contributed by atoms with Gasteiger partial charge in [0.15, 0.2) is 0 Å². The van der Waals surface area contributed by atoms with E-state index in [0.29, 0.717) is 6.54 Å². The molecule has 1 rings (SSSR count). The molecule has 0 aliphatic carbocycles. The van der Waals surface area contributed by atoms with Crippen LogP contribution in [-0.4, -0.2) is 6.54 Å². The van der Waals surface area contributed by atoms with Crippen molar-refractivity contribution < 1.29 is 4.39 Å². The fourth-order valence-electron chi connectivity index (χ4n) is 1.09. The lowest BCUT2D eigenvalue weighted by Gasteiger charge is -2.10. The number of nitrogens with one attached hydrogen (secondary N) is 1. The fraction of sp³-hybridized carbons (Fsp3) is 0.364. The third-order valence-electron chi connectivity index (χ3n) is 2.02. The van der Waals surface area contributed by atoms with Crippen molar-refractivity contribution >= 4 is 5.69 Å². The second-order valence-electron chi connectivity index (χ2n) is 3.37. The Kier molecular flexibility index (Phi) is 3.47. The van der Waals surface area contributed by atoms with Crippen molar-refractivity contribution in [3.05, 3.63) is 29.6 Å². The molecule has 1 unspecified atom stereocenters. The van der Waals surface area contributed by atoms with Crippen LogP contribution in [0.2, 0.25) is 0 Å². The van der Waals surface area contributed by atoms with Crippen LogP contribution in [0.4, 0.5) is 10.1 Å². The van der Waals surface area contributed by atoms with Crippen LogP contribution in [0.5, 0.6) is 0 Å². The van der Waals surface area contributed by atoms with Gasteiger partial charge in [0.25, 0.3) is 0 Å². The van der Waals surface area contributed by atoms with Gasteiger partial charge in [-0.2, -0.15) is 5.26 Å². The molecule has 0 amide bonds. The number of halogens is 1. The molecule has 0 aliphatic heterocycles. The van der Waals surface area contributed by atoms with Crippen LogP contribution in [-0.2, 0) is 0 Å². The summed E-state index contributed by atoms with van der Waals surface area (Å²) in [5.41, 5.74) is 1.74. The van der Waals surface area contributed by atoms with Gasteiger partial charge in [-0.15, -0.1) is 0 Å². The largest absolute Gasteiger partial charge is 0.383 e. The zero-order valence-electron chi connectivity index (χ0n) is 8.34. The van der Waals surface area contributed by atoms with E-state index in [-0.39, 0.29) is 11.7 Å². The molecule has 0 spiro atoms. The first-order valence-corrected chi connectivity index (χ1v) is 4.53. The minimum absolute atomic E-state index is 0.0716. The van der Waals surface area contributed by atoms with Gasteiger partial charge < -0.3 is 5.32 Å². The predicted octanol–water partition coefficient (Wildman–Crippen LogP) is 2.71.